The van der Waals surface area contributed by atoms with Crippen LogP contribution in [0.1, 0.15) is 51.4 Å². The second-order valence-electron chi connectivity index (χ2n) is 5.91. The molecular formula is C13H23N3. The van der Waals surface area contributed by atoms with E-state index in [9.17, 15) is 0 Å². The standard InChI is InChI=1S/C13H23N3/c14-12(15-11-3-4-11)16-9-7-13(8-10-16)5-1-2-6-13/h11H,1-10H2,(H2,14,15). The Hall–Kier alpha value is -0.730. The van der Waals surface area contributed by atoms with Crippen molar-refractivity contribution >= 4 is 5.96 Å². The van der Waals surface area contributed by atoms with Crippen molar-refractivity contribution in [3.8, 4) is 0 Å². The zero-order valence-corrected chi connectivity index (χ0v) is 10.1. The second kappa shape index (κ2) is 3.94. The maximum absolute atomic E-state index is 6.05. The number of nitrogens with two attached hydrogens (primary N) is 1. The summed E-state index contributed by atoms with van der Waals surface area (Å²) in [7, 11) is 0. The average molecular weight is 221 g/mol. The third-order valence-corrected chi connectivity index (χ3v) is 4.67. The molecule has 3 nitrogen and oxygen atoms in total. The molecule has 0 amide bonds. The molecule has 3 heteroatoms. The third-order valence-electron chi connectivity index (χ3n) is 4.67. The lowest BCUT2D eigenvalue weighted by Gasteiger charge is -2.39. The first-order chi connectivity index (χ1) is 7.77. The molecule has 3 aliphatic rings. The van der Waals surface area contributed by atoms with Gasteiger partial charge in [-0.2, -0.15) is 0 Å². The van der Waals surface area contributed by atoms with Gasteiger partial charge in [0.2, 0.25) is 0 Å². The highest BCUT2D eigenvalue weighted by atomic mass is 15.3. The molecule has 0 bridgehead atoms. The van der Waals surface area contributed by atoms with Gasteiger partial charge in [0, 0.05) is 13.1 Å². The van der Waals surface area contributed by atoms with E-state index in [-0.39, 0.29) is 0 Å². The third kappa shape index (κ3) is 2.04. The van der Waals surface area contributed by atoms with Crippen LogP contribution >= 0.6 is 0 Å². The Morgan fingerprint density at radius 1 is 1.06 bits per heavy atom. The molecular weight excluding hydrogens is 198 g/mol. The van der Waals surface area contributed by atoms with Crippen LogP contribution < -0.4 is 5.73 Å². The van der Waals surface area contributed by atoms with Gasteiger partial charge in [-0.15, -0.1) is 0 Å². The Morgan fingerprint density at radius 3 is 2.25 bits per heavy atom. The minimum absolute atomic E-state index is 0.558. The van der Waals surface area contributed by atoms with Gasteiger partial charge in [0.25, 0.3) is 0 Å². The van der Waals surface area contributed by atoms with Crippen LogP contribution in [0.5, 0.6) is 0 Å². The molecule has 0 unspecified atom stereocenters. The molecule has 3 rings (SSSR count). The molecule has 1 saturated heterocycles. The lowest BCUT2D eigenvalue weighted by molar-refractivity contribution is 0.153. The van der Waals surface area contributed by atoms with Gasteiger partial charge in [-0.1, -0.05) is 12.8 Å². The summed E-state index contributed by atoms with van der Waals surface area (Å²) in [5.74, 6) is 0.815. The van der Waals surface area contributed by atoms with E-state index in [1.54, 1.807) is 0 Å². The van der Waals surface area contributed by atoms with E-state index < -0.39 is 0 Å². The van der Waals surface area contributed by atoms with Crippen LogP contribution in [0.3, 0.4) is 0 Å². The zero-order chi connectivity index (χ0) is 11.0. The maximum atomic E-state index is 6.05. The molecule has 1 spiro atoms. The number of hydrogen-bond acceptors (Lipinski definition) is 1. The van der Waals surface area contributed by atoms with E-state index >= 15 is 0 Å². The molecule has 0 radical (unpaired) electrons. The molecule has 0 aromatic rings. The summed E-state index contributed by atoms with van der Waals surface area (Å²) < 4.78 is 0. The Morgan fingerprint density at radius 2 is 1.69 bits per heavy atom. The summed E-state index contributed by atoms with van der Waals surface area (Å²) in [5, 5.41) is 0. The number of likely N-dealkylation sites (tertiary alicyclic amines) is 1. The minimum Gasteiger partial charge on any atom is -0.370 e. The van der Waals surface area contributed by atoms with Crippen molar-refractivity contribution < 1.29 is 0 Å². The van der Waals surface area contributed by atoms with Crippen LogP contribution in [-0.4, -0.2) is 30.0 Å². The molecule has 0 atom stereocenters. The summed E-state index contributed by atoms with van der Waals surface area (Å²) in [6.45, 7) is 2.28. The molecule has 2 saturated carbocycles. The highest BCUT2D eigenvalue weighted by Crippen LogP contribution is 2.46. The number of rotatable bonds is 1. The van der Waals surface area contributed by atoms with Crippen molar-refractivity contribution in [3.05, 3.63) is 0 Å². The Labute approximate surface area is 98.1 Å². The highest BCUT2D eigenvalue weighted by molar-refractivity contribution is 5.78. The molecule has 2 N–H and O–H groups in total. The number of guanidine groups is 1. The smallest absolute Gasteiger partial charge is 0.191 e. The summed E-state index contributed by atoms with van der Waals surface area (Å²) in [6, 6.07) is 0.558. The topological polar surface area (TPSA) is 41.6 Å². The van der Waals surface area contributed by atoms with Crippen LogP contribution in [0.4, 0.5) is 0 Å². The first-order valence-corrected chi connectivity index (χ1v) is 6.86. The van der Waals surface area contributed by atoms with Crippen molar-refractivity contribution in [2.75, 3.05) is 13.1 Å². The Bertz CT molecular complexity index is 278. The van der Waals surface area contributed by atoms with Crippen LogP contribution in [0.2, 0.25) is 0 Å². The predicted molar refractivity (Wildman–Crippen MR) is 66.4 cm³/mol. The SMILES string of the molecule is NC(=NC1CC1)N1CCC2(CCCC2)CC1. The molecule has 3 fully saturated rings. The average Bonchev–Trinajstić information content (AvgIpc) is 3.00. The van der Waals surface area contributed by atoms with E-state index in [2.05, 4.69) is 9.89 Å². The molecule has 1 aliphatic heterocycles. The van der Waals surface area contributed by atoms with Crippen molar-refractivity contribution in [2.45, 2.75) is 57.4 Å². The Kier molecular flexibility index (Phi) is 2.56. The van der Waals surface area contributed by atoms with Gasteiger partial charge in [-0.05, 0) is 43.9 Å². The molecule has 90 valence electrons. The summed E-state index contributed by atoms with van der Waals surface area (Å²) in [6.07, 6.45) is 11.0. The van der Waals surface area contributed by atoms with Gasteiger partial charge in [-0.3, -0.25) is 0 Å². The molecule has 0 aromatic carbocycles. The molecule has 0 aromatic heterocycles. The van der Waals surface area contributed by atoms with Crippen molar-refractivity contribution in [1.82, 2.24) is 4.90 Å². The van der Waals surface area contributed by atoms with E-state index in [1.165, 1.54) is 51.4 Å². The quantitative estimate of drug-likeness (QED) is 0.544. The minimum atomic E-state index is 0.558. The van der Waals surface area contributed by atoms with Gasteiger partial charge in [0.15, 0.2) is 5.96 Å². The van der Waals surface area contributed by atoms with Crippen LogP contribution in [0, 0.1) is 5.41 Å². The monoisotopic (exact) mass is 221 g/mol. The lowest BCUT2D eigenvalue weighted by atomic mass is 9.77. The van der Waals surface area contributed by atoms with Crippen LogP contribution in [0.15, 0.2) is 4.99 Å². The van der Waals surface area contributed by atoms with E-state index in [4.69, 9.17) is 5.73 Å². The van der Waals surface area contributed by atoms with Gasteiger partial charge in [0.05, 0.1) is 6.04 Å². The first-order valence-electron chi connectivity index (χ1n) is 6.86. The van der Waals surface area contributed by atoms with Gasteiger partial charge >= 0.3 is 0 Å². The fourth-order valence-corrected chi connectivity index (χ4v) is 3.31. The van der Waals surface area contributed by atoms with Gasteiger partial charge in [-0.25, -0.2) is 4.99 Å². The van der Waals surface area contributed by atoms with E-state index in [0.29, 0.717) is 11.5 Å². The highest BCUT2D eigenvalue weighted by Gasteiger charge is 2.37. The fourth-order valence-electron chi connectivity index (χ4n) is 3.31. The Balaban J connectivity index is 1.57. The summed E-state index contributed by atoms with van der Waals surface area (Å²) in [4.78, 5) is 6.85. The first kappa shape index (κ1) is 10.4. The predicted octanol–water partition coefficient (Wildman–Crippen LogP) is 2.12. The van der Waals surface area contributed by atoms with Gasteiger partial charge < -0.3 is 10.6 Å². The molecule has 1 heterocycles. The number of piperidine rings is 1. The number of hydrogen-bond donors (Lipinski definition) is 1. The summed E-state index contributed by atoms with van der Waals surface area (Å²) >= 11 is 0. The van der Waals surface area contributed by atoms with Crippen molar-refractivity contribution in [1.29, 1.82) is 0 Å². The molecule has 2 aliphatic carbocycles. The largest absolute Gasteiger partial charge is 0.370 e. The van der Waals surface area contributed by atoms with Gasteiger partial charge in [0.1, 0.15) is 0 Å². The number of nitrogens with zero attached hydrogens (tertiary/aromatic N) is 2. The fraction of sp³-hybridized carbons (Fsp3) is 0.923. The second-order valence-corrected chi connectivity index (χ2v) is 5.91. The van der Waals surface area contributed by atoms with E-state index in [0.717, 1.165) is 19.0 Å². The summed E-state index contributed by atoms with van der Waals surface area (Å²) in [5.41, 5.74) is 6.74. The molecule has 16 heavy (non-hydrogen) atoms. The van der Waals surface area contributed by atoms with Crippen molar-refractivity contribution in [3.63, 3.8) is 0 Å². The van der Waals surface area contributed by atoms with E-state index in [1.807, 2.05) is 0 Å². The maximum Gasteiger partial charge on any atom is 0.191 e. The van der Waals surface area contributed by atoms with Crippen LogP contribution in [-0.2, 0) is 0 Å². The normalized spacial score (nSPS) is 30.0. The zero-order valence-electron chi connectivity index (χ0n) is 10.1. The van der Waals surface area contributed by atoms with Crippen molar-refractivity contribution in [2.24, 2.45) is 16.1 Å². The lowest BCUT2D eigenvalue weighted by Crippen LogP contribution is -2.45. The number of aliphatic imine (C=N–C) groups is 1. The van der Waals surface area contributed by atoms with Crippen LogP contribution in [0.25, 0.3) is 0 Å².